The fourth-order valence-corrected chi connectivity index (χ4v) is 6.34. The van der Waals surface area contributed by atoms with E-state index in [-0.39, 0.29) is 6.10 Å². The number of hydroxylamine groups is 2. The third-order valence-corrected chi connectivity index (χ3v) is 8.88. The number of carbonyl (C=O) groups is 1. The monoisotopic (exact) mass is 538 g/mol. The molecule has 0 bridgehead atoms. The van der Waals surface area contributed by atoms with Crippen LogP contribution in [0, 0.1) is 19.1 Å². The van der Waals surface area contributed by atoms with Gasteiger partial charge in [0.15, 0.2) is 0 Å². The Hall–Kier alpha value is -3.62. The van der Waals surface area contributed by atoms with Gasteiger partial charge in [-0.15, -0.1) is 11.3 Å². The fraction of sp³-hybridized carbons (Fsp3) is 0.250. The number of rotatable bonds is 6. The zero-order valence-electron chi connectivity index (χ0n) is 22.4. The van der Waals surface area contributed by atoms with Gasteiger partial charge >= 0.3 is 5.91 Å². The number of hydrogen-bond acceptors (Lipinski definition) is 6. The van der Waals surface area contributed by atoms with Crippen LogP contribution in [0.4, 0.5) is 0 Å². The number of ether oxygens (including phenoxy) is 2. The maximum Gasteiger partial charge on any atom is 0.344 e. The number of nitrogens with one attached hydrogen (secondary N) is 1. The topological polar surface area (TPSA) is 75.9 Å². The minimum atomic E-state index is -0.544. The molecule has 2 aromatic heterocycles. The van der Waals surface area contributed by atoms with Crippen molar-refractivity contribution < 1.29 is 19.3 Å². The van der Waals surface area contributed by atoms with Crippen molar-refractivity contribution >= 4 is 38.2 Å². The van der Waals surface area contributed by atoms with Gasteiger partial charge in [-0.25, -0.2) is 9.78 Å². The van der Waals surface area contributed by atoms with Crippen LogP contribution in [0.1, 0.15) is 51.6 Å². The molecular formula is C32H30N2O4S. The number of benzene rings is 3. The number of aryl methyl sites for hydroxylation is 2. The molecular weight excluding hydrogens is 508 g/mol. The van der Waals surface area contributed by atoms with Crippen LogP contribution >= 0.6 is 11.3 Å². The Bertz CT molecular complexity index is 1700. The Morgan fingerprint density at radius 2 is 1.85 bits per heavy atom. The summed E-state index contributed by atoms with van der Waals surface area (Å²) in [6.45, 7) is 7.56. The standard InChI is InChI=1S/C32H30N2O4S/c1-18-9-14-27(38-20(3)21-10-12-22(13-11-21)23-16-37-17-23)29-25(32(35)34(4)36)15-26(33-30(18)29)31-19(2)24-7-5-6-8-28(24)39-31/h5-15,20,23,34H,16-17H2,1-4H3/t20-/m0/s1. The van der Waals surface area contributed by atoms with E-state index in [1.165, 1.54) is 12.6 Å². The molecule has 0 aliphatic carbocycles. The van der Waals surface area contributed by atoms with E-state index in [0.29, 0.717) is 33.8 Å². The largest absolute Gasteiger partial charge is 0.627 e. The number of amides is 1. The molecule has 2 atom stereocenters. The molecule has 1 unspecified atom stereocenters. The predicted octanol–water partition coefficient (Wildman–Crippen LogP) is 6.14. The predicted molar refractivity (Wildman–Crippen MR) is 156 cm³/mol. The van der Waals surface area contributed by atoms with Gasteiger partial charge in [0, 0.05) is 10.6 Å². The summed E-state index contributed by atoms with van der Waals surface area (Å²) < 4.78 is 12.9. The Kier molecular flexibility index (Phi) is 6.69. The van der Waals surface area contributed by atoms with Crippen LogP contribution in [0.5, 0.6) is 5.75 Å². The Morgan fingerprint density at radius 3 is 2.51 bits per heavy atom. The molecule has 3 heterocycles. The second-order valence-electron chi connectivity index (χ2n) is 10.3. The number of aromatic nitrogens is 1. The molecule has 0 radical (unpaired) electrons. The Balaban J connectivity index is 1.46. The van der Waals surface area contributed by atoms with Gasteiger partial charge < -0.3 is 19.7 Å². The Morgan fingerprint density at radius 1 is 1.10 bits per heavy atom. The van der Waals surface area contributed by atoms with Crippen molar-refractivity contribution in [3.8, 4) is 16.3 Å². The number of thiophene rings is 1. The SMILES string of the molecule is Cc1c(-c2cc(C(=O)[NH+](C)[O-])c3c(O[C@@H](C)c4ccc(C5COC5)cc4)ccc(C)c3n2)sc2ccccc12. The van der Waals surface area contributed by atoms with Gasteiger partial charge in [-0.3, -0.25) is 0 Å². The van der Waals surface area contributed by atoms with Crippen LogP contribution in [-0.4, -0.2) is 31.2 Å². The number of quaternary nitrogens is 1. The van der Waals surface area contributed by atoms with E-state index >= 15 is 0 Å². The molecule has 1 saturated heterocycles. The number of carbonyl (C=O) groups excluding carboxylic acids is 1. The first-order valence-corrected chi connectivity index (χ1v) is 14.0. The lowest BCUT2D eigenvalue weighted by Crippen LogP contribution is -3.06. The van der Waals surface area contributed by atoms with Crippen molar-refractivity contribution in [2.75, 3.05) is 20.3 Å². The van der Waals surface area contributed by atoms with E-state index < -0.39 is 11.0 Å². The third kappa shape index (κ3) is 4.61. The van der Waals surface area contributed by atoms with Crippen molar-refractivity contribution in [3.63, 3.8) is 0 Å². The number of pyridine rings is 1. The highest BCUT2D eigenvalue weighted by molar-refractivity contribution is 7.22. The quantitative estimate of drug-likeness (QED) is 0.263. The first kappa shape index (κ1) is 25.6. The van der Waals surface area contributed by atoms with E-state index in [2.05, 4.69) is 43.3 Å². The molecule has 1 amide bonds. The average molecular weight is 539 g/mol. The van der Waals surface area contributed by atoms with Crippen molar-refractivity contribution in [2.45, 2.75) is 32.8 Å². The molecule has 5 aromatic rings. The lowest BCUT2D eigenvalue weighted by molar-refractivity contribution is -0.732. The van der Waals surface area contributed by atoms with Gasteiger partial charge in [0.25, 0.3) is 0 Å². The van der Waals surface area contributed by atoms with Gasteiger partial charge in [-0.05, 0) is 66.6 Å². The van der Waals surface area contributed by atoms with E-state index in [9.17, 15) is 10.0 Å². The molecule has 1 aliphatic heterocycles. The fourth-order valence-electron chi connectivity index (χ4n) is 5.17. The second-order valence-corrected chi connectivity index (χ2v) is 11.3. The molecule has 0 spiro atoms. The summed E-state index contributed by atoms with van der Waals surface area (Å²) in [7, 11) is 1.31. The maximum atomic E-state index is 13.3. The van der Waals surface area contributed by atoms with Crippen molar-refractivity contribution in [2.24, 2.45) is 0 Å². The molecule has 3 aromatic carbocycles. The highest BCUT2D eigenvalue weighted by Crippen LogP contribution is 2.41. The number of nitrogens with zero attached hydrogens (tertiary/aromatic N) is 1. The van der Waals surface area contributed by atoms with E-state index in [4.69, 9.17) is 14.5 Å². The third-order valence-electron chi connectivity index (χ3n) is 7.58. The molecule has 6 nitrogen and oxygen atoms in total. The van der Waals surface area contributed by atoms with E-state index in [0.717, 1.165) is 44.9 Å². The van der Waals surface area contributed by atoms with Gasteiger partial charge in [-0.1, -0.05) is 48.5 Å². The molecule has 1 aliphatic rings. The van der Waals surface area contributed by atoms with Crippen LogP contribution in [0.3, 0.4) is 0 Å². The molecule has 39 heavy (non-hydrogen) atoms. The summed E-state index contributed by atoms with van der Waals surface area (Å²) in [6.07, 6.45) is -0.271. The van der Waals surface area contributed by atoms with Crippen molar-refractivity contribution in [1.82, 2.24) is 4.98 Å². The molecule has 6 rings (SSSR count). The summed E-state index contributed by atoms with van der Waals surface area (Å²) >= 11 is 1.64. The lowest BCUT2D eigenvalue weighted by Gasteiger charge is -2.26. The molecule has 7 heteroatoms. The van der Waals surface area contributed by atoms with Crippen molar-refractivity contribution in [3.05, 3.63) is 99.8 Å². The first-order chi connectivity index (χ1) is 18.8. The molecule has 1 N–H and O–H groups in total. The van der Waals surface area contributed by atoms with Gasteiger partial charge in [-0.2, -0.15) is 0 Å². The smallest absolute Gasteiger partial charge is 0.344 e. The first-order valence-electron chi connectivity index (χ1n) is 13.1. The summed E-state index contributed by atoms with van der Waals surface area (Å²) in [5.41, 5.74) is 5.99. The van der Waals surface area contributed by atoms with E-state index in [1.807, 2.05) is 38.1 Å². The normalized spacial score (nSPS) is 15.3. The maximum absolute atomic E-state index is 13.3. The molecule has 198 valence electrons. The minimum Gasteiger partial charge on any atom is -0.627 e. The van der Waals surface area contributed by atoms with Crippen LogP contribution in [0.25, 0.3) is 31.6 Å². The van der Waals surface area contributed by atoms with Crippen LogP contribution in [-0.2, 0) is 4.74 Å². The van der Waals surface area contributed by atoms with Crippen molar-refractivity contribution in [1.29, 1.82) is 0 Å². The van der Waals surface area contributed by atoms with E-state index in [1.54, 1.807) is 17.4 Å². The number of fused-ring (bicyclic) bond motifs is 2. The van der Waals surface area contributed by atoms with Crippen LogP contribution < -0.4 is 9.80 Å². The molecule has 0 saturated carbocycles. The summed E-state index contributed by atoms with van der Waals surface area (Å²) in [5.74, 6) is 0.454. The minimum absolute atomic E-state index is 0.271. The van der Waals surface area contributed by atoms with Gasteiger partial charge in [0.1, 0.15) is 11.9 Å². The zero-order chi connectivity index (χ0) is 27.3. The number of hydrogen-bond donors (Lipinski definition) is 1. The highest BCUT2D eigenvalue weighted by atomic mass is 32.1. The second kappa shape index (κ2) is 10.2. The summed E-state index contributed by atoms with van der Waals surface area (Å²) in [4.78, 5) is 19.4. The van der Waals surface area contributed by atoms with Gasteiger partial charge in [0.2, 0.25) is 0 Å². The Labute approximate surface area is 231 Å². The highest BCUT2D eigenvalue weighted by Gasteiger charge is 2.25. The van der Waals surface area contributed by atoms with Crippen LogP contribution in [0.2, 0.25) is 0 Å². The van der Waals surface area contributed by atoms with Gasteiger partial charge in [0.05, 0.1) is 47.3 Å². The van der Waals surface area contributed by atoms with Crippen LogP contribution in [0.15, 0.2) is 66.7 Å². The summed E-state index contributed by atoms with van der Waals surface area (Å²) in [5, 5.41) is 13.6. The molecule has 1 fully saturated rings. The lowest BCUT2D eigenvalue weighted by atomic mass is 9.96. The average Bonchev–Trinajstić information content (AvgIpc) is 3.25. The summed E-state index contributed by atoms with van der Waals surface area (Å²) in [6, 6.07) is 22.2. The zero-order valence-corrected chi connectivity index (χ0v) is 23.2.